The molecule has 1 aliphatic heterocycles. The summed E-state index contributed by atoms with van der Waals surface area (Å²) in [5.41, 5.74) is 25.8. The van der Waals surface area contributed by atoms with Gasteiger partial charge >= 0.3 is 5.97 Å². The third kappa shape index (κ3) is 12.3. The van der Waals surface area contributed by atoms with Crippen molar-refractivity contribution in [3.63, 3.8) is 0 Å². The van der Waals surface area contributed by atoms with Gasteiger partial charge in [0.15, 0.2) is 17.3 Å². The van der Waals surface area contributed by atoms with Crippen LogP contribution in [0.3, 0.4) is 0 Å². The fourth-order valence-corrected chi connectivity index (χ4v) is 7.44. The molecule has 3 aromatic carbocycles. The molecule has 5 rings (SSSR count). The smallest absolute Gasteiger partial charge is 0.326 e. The van der Waals surface area contributed by atoms with Crippen molar-refractivity contribution in [1.29, 1.82) is 0 Å². The van der Waals surface area contributed by atoms with Gasteiger partial charge in [-0.1, -0.05) is 51.1 Å². The van der Waals surface area contributed by atoms with Crippen molar-refractivity contribution in [2.24, 2.45) is 17.2 Å². The maximum absolute atomic E-state index is 14.8. The Bertz CT molecular complexity index is 2480. The molecule has 0 fully saturated rings. The zero-order valence-electron chi connectivity index (χ0n) is 38.9. The molecular weight excluding hydrogens is 881 g/mol. The number of nitrogens with two attached hydrogens (primary N) is 4. The average molecular weight is 943 g/mol. The molecule has 0 saturated heterocycles. The quantitative estimate of drug-likeness (QED) is 0.0723. The Morgan fingerprint density at radius 3 is 2.10 bits per heavy atom. The van der Waals surface area contributed by atoms with E-state index in [0.717, 1.165) is 10.5 Å². The topological polar surface area (TPSA) is 354 Å². The van der Waals surface area contributed by atoms with Crippen LogP contribution in [0.5, 0.6) is 17.2 Å². The minimum absolute atomic E-state index is 0.00718. The molecule has 1 aliphatic rings. The Hall–Kier alpha value is -6.91. The number of nitrogens with one attached hydrogen (secondary N) is 3. The van der Waals surface area contributed by atoms with Gasteiger partial charge in [0.1, 0.15) is 66.7 Å². The van der Waals surface area contributed by atoms with E-state index in [4.69, 9.17) is 32.4 Å². The third-order valence-electron chi connectivity index (χ3n) is 11.4. The van der Waals surface area contributed by atoms with Gasteiger partial charge in [0, 0.05) is 43.2 Å². The lowest BCUT2D eigenvalue weighted by molar-refractivity contribution is -0.143. The predicted molar refractivity (Wildman–Crippen MR) is 251 cm³/mol. The highest BCUT2D eigenvalue weighted by molar-refractivity contribution is 6.02. The van der Waals surface area contributed by atoms with Crippen molar-refractivity contribution >= 4 is 35.4 Å². The number of aliphatic hydroxyl groups excluding tert-OH is 2. The fraction of sp³-hybridized carbons (Fsp3) is 0.426. The lowest BCUT2D eigenvalue weighted by atomic mass is 9.86. The predicted octanol–water partition coefficient (Wildman–Crippen LogP) is 0.378. The van der Waals surface area contributed by atoms with Crippen molar-refractivity contribution in [1.82, 2.24) is 30.8 Å². The van der Waals surface area contributed by atoms with Gasteiger partial charge in [-0.3, -0.25) is 19.2 Å². The molecule has 0 saturated carbocycles. The van der Waals surface area contributed by atoms with Gasteiger partial charge in [-0.15, -0.1) is 0 Å². The van der Waals surface area contributed by atoms with Crippen molar-refractivity contribution in [2.45, 2.75) is 89.3 Å². The number of rotatable bonds is 16. The number of carbonyl (C=O) groups is 5. The minimum atomic E-state index is -1.68. The largest absolute Gasteiger partial charge is 0.504 e. The molecule has 4 amide bonds. The van der Waals surface area contributed by atoms with E-state index in [2.05, 4.69) is 46.7 Å². The number of nitrogens with zero attached hydrogens (tertiary/aromatic N) is 3. The van der Waals surface area contributed by atoms with Crippen LogP contribution in [-0.4, -0.2) is 135 Å². The van der Waals surface area contributed by atoms with Crippen LogP contribution in [0.1, 0.15) is 72.9 Å². The van der Waals surface area contributed by atoms with Gasteiger partial charge < -0.3 is 73.7 Å². The van der Waals surface area contributed by atoms with Gasteiger partial charge in [0.25, 0.3) is 5.91 Å². The van der Waals surface area contributed by atoms with Gasteiger partial charge in [-0.2, -0.15) is 0 Å². The van der Waals surface area contributed by atoms with Crippen LogP contribution in [0.15, 0.2) is 54.6 Å². The van der Waals surface area contributed by atoms with E-state index in [1.807, 2.05) is 24.3 Å². The number of hydrogen-bond acceptors (Lipinski definition) is 16. The molecular formula is C47H62N10O11. The number of nitrogen functional groups attached to an aromatic ring is 1. The molecule has 4 aromatic rings. The van der Waals surface area contributed by atoms with E-state index in [1.165, 1.54) is 44.3 Å². The van der Waals surface area contributed by atoms with Gasteiger partial charge in [-0.05, 0) is 73.2 Å². The number of carboxylic acids is 1. The summed E-state index contributed by atoms with van der Waals surface area (Å²) in [6.45, 7) is 7.94. The Labute approximate surface area is 393 Å². The number of phenolic OH excluding ortho intramolecular Hbond substituents is 1. The summed E-state index contributed by atoms with van der Waals surface area (Å²) in [5, 5.41) is 50.4. The number of aromatic hydroxyl groups is 1. The van der Waals surface area contributed by atoms with Crippen LogP contribution < -0.4 is 48.4 Å². The second-order valence-corrected chi connectivity index (χ2v) is 17.7. The van der Waals surface area contributed by atoms with E-state index < -0.39 is 78.3 Å². The number of anilines is 1. The Morgan fingerprint density at radius 1 is 0.897 bits per heavy atom. The summed E-state index contributed by atoms with van der Waals surface area (Å²) in [4.78, 5) is 79.4. The normalized spacial score (nSPS) is 17.7. The Morgan fingerprint density at radius 2 is 1.53 bits per heavy atom. The van der Waals surface area contributed by atoms with E-state index in [1.54, 1.807) is 6.92 Å². The number of likely N-dealkylation sites (N-methyl/N-ethyl adjacent to an activating group) is 1. The minimum Gasteiger partial charge on any atom is -0.504 e. The SMILES string of the molecule is Cc1nc(-c2ccc(C(C)(C)C)cc2)nc(N)c1C(=O)N[C@@H](CCN)C(=O)N(C)C1C(=O)N[C@@H](C)C(=O)NC(C(=O)O)Cc2ccc(OC[C@H](O)CN)c(c2)-c2cc1cc(OC[C@H](O)CN)c2O. The highest BCUT2D eigenvalue weighted by Crippen LogP contribution is 2.45. The van der Waals surface area contributed by atoms with Crippen LogP contribution in [0.2, 0.25) is 0 Å². The molecule has 2 unspecified atom stereocenters. The first-order valence-corrected chi connectivity index (χ1v) is 22.0. The van der Waals surface area contributed by atoms with E-state index >= 15 is 0 Å². The summed E-state index contributed by atoms with van der Waals surface area (Å²) in [6, 6.07) is 8.79. The summed E-state index contributed by atoms with van der Waals surface area (Å²) in [7, 11) is 1.27. The Balaban J connectivity index is 1.62. The summed E-state index contributed by atoms with van der Waals surface area (Å²) in [6.07, 6.45) is -2.70. The van der Waals surface area contributed by atoms with Crippen molar-refractivity contribution in [3.8, 4) is 39.8 Å². The van der Waals surface area contributed by atoms with Crippen LogP contribution in [-0.2, 0) is 31.0 Å². The summed E-state index contributed by atoms with van der Waals surface area (Å²) >= 11 is 0. The Kier molecular flexibility index (Phi) is 17.0. The maximum atomic E-state index is 14.8. The van der Waals surface area contributed by atoms with Gasteiger partial charge in [0.05, 0.1) is 5.69 Å². The number of phenols is 1. The highest BCUT2D eigenvalue weighted by Gasteiger charge is 2.37. The number of fused-ring (bicyclic) bond motifs is 5. The first-order chi connectivity index (χ1) is 32.1. The molecule has 1 aromatic heterocycles. The standard InChI is InChI=1S/C47H62N10O11/c1-23-37(40(51)56-41(52-23)26-8-10-28(11-9-26)47(3,4)5)43(62)54-33(13-14-48)45(64)57(6)38-27-17-32(39(60)36(18-27)68-22-30(59)20-50)31-15-25(7-12-35(31)67-21-29(58)19-49)16-34(46(65)66)55-42(61)24(2)53-44(38)63/h7-12,15,17-18,24,29-30,33-34,38,58-60H,13-14,16,19-22,48-50H2,1-6H3,(H,53,63)(H,54,62)(H,55,61)(H,65,66)(H2,51,52,56)/t24-,29+,30+,33-,34?,38?/m0/s1. The van der Waals surface area contributed by atoms with Crippen LogP contribution in [0.4, 0.5) is 5.82 Å². The molecule has 15 N–H and O–H groups in total. The fourth-order valence-electron chi connectivity index (χ4n) is 7.44. The second-order valence-electron chi connectivity index (χ2n) is 17.7. The summed E-state index contributed by atoms with van der Waals surface area (Å²) in [5.74, 6) is -5.47. The molecule has 0 spiro atoms. The number of ether oxygens (including phenoxy) is 2. The number of aliphatic hydroxyl groups is 2. The molecule has 4 bridgehead atoms. The van der Waals surface area contributed by atoms with E-state index in [9.17, 15) is 44.4 Å². The first kappa shape index (κ1) is 52.1. The van der Waals surface area contributed by atoms with Crippen LogP contribution in [0, 0.1) is 6.92 Å². The van der Waals surface area contributed by atoms with E-state index in [-0.39, 0.29) is 95.6 Å². The van der Waals surface area contributed by atoms with Gasteiger partial charge in [-0.25, -0.2) is 14.8 Å². The number of aliphatic carboxylic acids is 1. The maximum Gasteiger partial charge on any atom is 0.326 e. The van der Waals surface area contributed by atoms with Crippen molar-refractivity contribution in [3.05, 3.63) is 82.5 Å². The lowest BCUT2D eigenvalue weighted by Gasteiger charge is -2.33. The molecule has 21 nitrogen and oxygen atoms in total. The first-order valence-electron chi connectivity index (χ1n) is 22.0. The molecule has 366 valence electrons. The summed E-state index contributed by atoms with van der Waals surface area (Å²) < 4.78 is 11.8. The monoisotopic (exact) mass is 942 g/mol. The zero-order valence-corrected chi connectivity index (χ0v) is 38.9. The number of carboxylic acid groups (broad SMARTS) is 1. The highest BCUT2D eigenvalue weighted by atomic mass is 16.5. The van der Waals surface area contributed by atoms with Gasteiger partial charge in [0.2, 0.25) is 17.7 Å². The molecule has 21 heteroatoms. The number of benzene rings is 3. The average Bonchev–Trinajstić information content (AvgIpc) is 3.29. The number of aryl methyl sites for hydroxylation is 1. The van der Waals surface area contributed by atoms with Crippen molar-refractivity contribution in [2.75, 3.05) is 45.6 Å². The van der Waals surface area contributed by atoms with Crippen LogP contribution >= 0.6 is 0 Å². The van der Waals surface area contributed by atoms with Crippen molar-refractivity contribution < 1.29 is 53.9 Å². The lowest BCUT2D eigenvalue weighted by Crippen LogP contribution is -2.55. The molecule has 6 atom stereocenters. The van der Waals surface area contributed by atoms with Crippen LogP contribution in [0.25, 0.3) is 22.5 Å². The number of hydrogen-bond donors (Lipinski definition) is 11. The number of aromatic nitrogens is 2. The number of amides is 4. The zero-order chi connectivity index (χ0) is 50.2. The molecule has 0 aliphatic carbocycles. The third-order valence-corrected chi connectivity index (χ3v) is 11.4. The van der Waals surface area contributed by atoms with E-state index in [0.29, 0.717) is 11.1 Å². The second kappa shape index (κ2) is 22.3. The number of carbonyl (C=O) groups excluding carboxylic acids is 4. The molecule has 0 radical (unpaired) electrons. The molecule has 68 heavy (non-hydrogen) atoms. The molecule has 2 heterocycles.